The van der Waals surface area contributed by atoms with Crippen molar-refractivity contribution >= 4 is 27.7 Å². The standard InChI is InChI=1S/C15H16BrN3O4/c1-8-13(9(2)23-19-8)15(21)18-17-14(20)10(3)22-12-6-4-5-11(16)7-12/h4-7,10H,1-3H3,(H,17,20)(H,18,21). The second-order valence-corrected chi connectivity index (χ2v) is 5.78. The average molecular weight is 382 g/mol. The van der Waals surface area contributed by atoms with Crippen molar-refractivity contribution in [2.75, 3.05) is 0 Å². The maximum absolute atomic E-state index is 12.0. The SMILES string of the molecule is Cc1noc(C)c1C(=O)NNC(=O)C(C)Oc1cccc(Br)c1. The molecule has 0 aliphatic rings. The van der Waals surface area contributed by atoms with Crippen LogP contribution in [0.3, 0.4) is 0 Å². The van der Waals surface area contributed by atoms with Gasteiger partial charge in [-0.15, -0.1) is 0 Å². The molecule has 0 bridgehead atoms. The number of carbonyl (C=O) groups is 2. The molecule has 0 aliphatic carbocycles. The quantitative estimate of drug-likeness (QED) is 0.792. The van der Waals surface area contributed by atoms with E-state index in [0.717, 1.165) is 4.47 Å². The molecule has 0 aliphatic heterocycles. The molecule has 122 valence electrons. The average Bonchev–Trinajstić information content (AvgIpc) is 2.83. The van der Waals surface area contributed by atoms with Crippen LogP contribution < -0.4 is 15.6 Å². The van der Waals surface area contributed by atoms with Crippen LogP contribution in [0, 0.1) is 13.8 Å². The van der Waals surface area contributed by atoms with Crippen molar-refractivity contribution < 1.29 is 18.8 Å². The lowest BCUT2D eigenvalue weighted by Crippen LogP contribution is -2.47. The van der Waals surface area contributed by atoms with Crippen molar-refractivity contribution in [2.24, 2.45) is 0 Å². The number of aromatic nitrogens is 1. The van der Waals surface area contributed by atoms with Gasteiger partial charge in [-0.2, -0.15) is 0 Å². The van der Waals surface area contributed by atoms with Gasteiger partial charge >= 0.3 is 0 Å². The van der Waals surface area contributed by atoms with Crippen LogP contribution >= 0.6 is 15.9 Å². The van der Waals surface area contributed by atoms with Crippen molar-refractivity contribution in [1.29, 1.82) is 0 Å². The second kappa shape index (κ2) is 7.28. The van der Waals surface area contributed by atoms with Crippen LogP contribution in [0.1, 0.15) is 28.7 Å². The van der Waals surface area contributed by atoms with Crippen LogP contribution in [-0.2, 0) is 4.79 Å². The van der Waals surface area contributed by atoms with Crippen molar-refractivity contribution in [3.05, 3.63) is 45.8 Å². The third-order valence-corrected chi connectivity index (χ3v) is 3.53. The van der Waals surface area contributed by atoms with Crippen LogP contribution in [0.5, 0.6) is 5.75 Å². The molecule has 2 N–H and O–H groups in total. The lowest BCUT2D eigenvalue weighted by Gasteiger charge is -2.15. The van der Waals surface area contributed by atoms with Crippen molar-refractivity contribution in [1.82, 2.24) is 16.0 Å². The predicted molar refractivity (Wildman–Crippen MR) is 85.8 cm³/mol. The maximum atomic E-state index is 12.0. The van der Waals surface area contributed by atoms with Gasteiger partial charge in [0.1, 0.15) is 17.1 Å². The molecule has 1 heterocycles. The number of amides is 2. The molecule has 1 atom stereocenters. The Bertz CT molecular complexity index is 710. The molecule has 23 heavy (non-hydrogen) atoms. The molecule has 2 aromatic rings. The van der Waals surface area contributed by atoms with Crippen LogP contribution in [0.2, 0.25) is 0 Å². The first kappa shape index (κ1) is 17.0. The fraction of sp³-hybridized carbons (Fsp3) is 0.267. The van der Waals surface area contributed by atoms with E-state index in [0.29, 0.717) is 22.8 Å². The van der Waals surface area contributed by atoms with Gasteiger partial charge in [0.05, 0.1) is 5.69 Å². The van der Waals surface area contributed by atoms with Gasteiger partial charge < -0.3 is 9.26 Å². The number of rotatable bonds is 4. The molecule has 0 fully saturated rings. The molecular weight excluding hydrogens is 366 g/mol. The lowest BCUT2D eigenvalue weighted by atomic mass is 10.2. The van der Waals surface area contributed by atoms with Crippen molar-refractivity contribution in [3.8, 4) is 5.75 Å². The van der Waals surface area contributed by atoms with Gasteiger partial charge in [-0.05, 0) is 39.0 Å². The fourth-order valence-electron chi connectivity index (χ4n) is 1.89. The highest BCUT2D eigenvalue weighted by atomic mass is 79.9. The second-order valence-electron chi connectivity index (χ2n) is 4.86. The number of benzene rings is 1. The summed E-state index contributed by atoms with van der Waals surface area (Å²) < 4.78 is 11.3. The molecule has 1 unspecified atom stereocenters. The van der Waals surface area contributed by atoms with Gasteiger partial charge in [-0.3, -0.25) is 20.4 Å². The largest absolute Gasteiger partial charge is 0.481 e. The molecule has 0 saturated heterocycles. The smallest absolute Gasteiger partial charge is 0.279 e. The first-order valence-electron chi connectivity index (χ1n) is 6.83. The molecule has 0 saturated carbocycles. The number of ether oxygens (including phenoxy) is 1. The minimum Gasteiger partial charge on any atom is -0.481 e. The van der Waals surface area contributed by atoms with Gasteiger partial charge in [0.15, 0.2) is 6.10 Å². The summed E-state index contributed by atoms with van der Waals surface area (Å²) in [6, 6.07) is 7.12. The molecule has 1 aromatic heterocycles. The van der Waals surface area contributed by atoms with Crippen LogP contribution in [-0.4, -0.2) is 23.1 Å². The van der Waals surface area contributed by atoms with E-state index in [1.54, 1.807) is 39.0 Å². The monoisotopic (exact) mass is 381 g/mol. The van der Waals surface area contributed by atoms with E-state index < -0.39 is 17.9 Å². The Kier molecular flexibility index (Phi) is 5.38. The van der Waals surface area contributed by atoms with E-state index >= 15 is 0 Å². The number of carbonyl (C=O) groups excluding carboxylic acids is 2. The summed E-state index contributed by atoms with van der Waals surface area (Å²) in [4.78, 5) is 24.0. The van der Waals surface area contributed by atoms with E-state index in [9.17, 15) is 9.59 Å². The molecule has 8 heteroatoms. The molecule has 2 amide bonds. The first-order valence-corrected chi connectivity index (χ1v) is 7.63. The Morgan fingerprint density at radius 3 is 2.65 bits per heavy atom. The zero-order chi connectivity index (χ0) is 17.0. The molecule has 0 radical (unpaired) electrons. The van der Waals surface area contributed by atoms with Crippen molar-refractivity contribution in [3.63, 3.8) is 0 Å². The van der Waals surface area contributed by atoms with Crippen LogP contribution in [0.25, 0.3) is 0 Å². The first-order chi connectivity index (χ1) is 10.9. The van der Waals surface area contributed by atoms with E-state index in [-0.39, 0.29) is 0 Å². The Labute approximate surface area is 141 Å². The van der Waals surface area contributed by atoms with Gasteiger partial charge in [0.2, 0.25) is 0 Å². The zero-order valence-corrected chi connectivity index (χ0v) is 14.4. The number of aryl methyl sites for hydroxylation is 2. The number of hydrazine groups is 1. The van der Waals surface area contributed by atoms with Gasteiger partial charge in [0.25, 0.3) is 11.8 Å². The molecular formula is C15H16BrN3O4. The zero-order valence-electron chi connectivity index (χ0n) is 12.8. The van der Waals surface area contributed by atoms with Gasteiger partial charge in [0, 0.05) is 4.47 Å². The summed E-state index contributed by atoms with van der Waals surface area (Å²) in [5.41, 5.74) is 5.38. The number of hydrogen-bond acceptors (Lipinski definition) is 5. The highest BCUT2D eigenvalue weighted by Crippen LogP contribution is 2.18. The molecule has 0 spiro atoms. The number of nitrogens with one attached hydrogen (secondary N) is 2. The number of halogens is 1. The Morgan fingerprint density at radius 2 is 2.04 bits per heavy atom. The van der Waals surface area contributed by atoms with Crippen LogP contribution in [0.4, 0.5) is 0 Å². The topological polar surface area (TPSA) is 93.5 Å². The normalized spacial score (nSPS) is 11.7. The summed E-state index contributed by atoms with van der Waals surface area (Å²) >= 11 is 3.32. The van der Waals surface area contributed by atoms with Crippen molar-refractivity contribution in [2.45, 2.75) is 26.9 Å². The third-order valence-electron chi connectivity index (χ3n) is 3.04. The minimum absolute atomic E-state index is 0.297. The van der Waals surface area contributed by atoms with Crippen LogP contribution in [0.15, 0.2) is 33.3 Å². The Balaban J connectivity index is 1.90. The van der Waals surface area contributed by atoms with Gasteiger partial charge in [-0.25, -0.2) is 0 Å². The predicted octanol–water partition coefficient (Wildman–Crippen LogP) is 2.28. The lowest BCUT2D eigenvalue weighted by molar-refractivity contribution is -0.128. The highest BCUT2D eigenvalue weighted by Gasteiger charge is 2.20. The minimum atomic E-state index is -0.783. The summed E-state index contributed by atoms with van der Waals surface area (Å²) in [6.07, 6.45) is -0.783. The summed E-state index contributed by atoms with van der Waals surface area (Å²) in [5.74, 6) is -0.0545. The fourth-order valence-corrected chi connectivity index (χ4v) is 2.27. The third kappa shape index (κ3) is 4.32. The van der Waals surface area contributed by atoms with E-state index in [1.165, 1.54) is 0 Å². The van der Waals surface area contributed by atoms with E-state index in [1.807, 2.05) is 6.07 Å². The van der Waals surface area contributed by atoms with E-state index in [2.05, 4.69) is 31.9 Å². The summed E-state index contributed by atoms with van der Waals surface area (Å²) in [5, 5.41) is 3.69. The molecule has 7 nitrogen and oxygen atoms in total. The molecule has 1 aromatic carbocycles. The highest BCUT2D eigenvalue weighted by molar-refractivity contribution is 9.10. The Hall–Kier alpha value is -2.35. The summed E-state index contributed by atoms with van der Waals surface area (Å²) in [7, 11) is 0. The molecule has 2 rings (SSSR count). The maximum Gasteiger partial charge on any atom is 0.279 e. The van der Waals surface area contributed by atoms with E-state index in [4.69, 9.17) is 9.26 Å². The Morgan fingerprint density at radius 1 is 1.30 bits per heavy atom. The number of nitrogens with zero attached hydrogens (tertiary/aromatic N) is 1. The van der Waals surface area contributed by atoms with Gasteiger partial charge in [-0.1, -0.05) is 27.2 Å². The summed E-state index contributed by atoms with van der Waals surface area (Å²) in [6.45, 7) is 4.85. The number of hydrogen-bond donors (Lipinski definition) is 2.